The van der Waals surface area contributed by atoms with Crippen LogP contribution in [0.25, 0.3) is 50.6 Å². The zero-order valence-corrected chi connectivity index (χ0v) is 47.0. The molecular weight excluding hydrogens is 909 g/mol. The predicted molar refractivity (Wildman–Crippen MR) is 325 cm³/mol. The maximum Gasteiger partial charge on any atom is 0.146 e. The fourth-order valence-corrected chi connectivity index (χ4v) is 10.8. The Morgan fingerprint density at radius 1 is 0.573 bits per heavy atom. The minimum Gasteiger partial charge on any atom is -0.382 e. The van der Waals surface area contributed by atoms with Crippen molar-refractivity contribution in [2.75, 3.05) is 13.1 Å². The van der Waals surface area contributed by atoms with Crippen molar-refractivity contribution in [1.29, 1.82) is 0 Å². The quantitative estimate of drug-likeness (QED) is 0.0980. The van der Waals surface area contributed by atoms with Crippen LogP contribution in [0, 0.1) is 33.6 Å². The highest BCUT2D eigenvalue weighted by Crippen LogP contribution is 2.37. The Balaban J connectivity index is 0.000000209. The number of benzene rings is 7. The molecule has 0 spiro atoms. The molecule has 0 amide bonds. The third-order valence-electron chi connectivity index (χ3n) is 14.8. The standard InChI is InChI=1S/C37H34N2.C30H38N2.2C2H6/c1-28-24-25-32(31-19-13-18-30(26-31)17-8-3-7-16-29-14-5-2-6-15-29)27-34(28)37-38-35-22-11-12-23-36(35)39(37)33-20-9-4-10-21-33;1-6-11-24(7-2)20-32-28(26-15-9-8-12-21(26)3)17-16-25-18-27(31-19-29(25)32)30-22(4)13-10-14-23(30)5;2*1-2/h2,4-6,9-15,18-27H,3,7-8,16-17H2,1H3;8-10,12-18,24,29,31H,6-7,11,19-20H2,1-5H3;2*1-2H3. The SMILES string of the molecule is CC.CC.CCCC(CC)CN1C(c2ccccc2C)=CC=C2C=C(c3c(C)cccc3C)NCC21.Cc1ccc(-c2cccc(CCCCCc3ccccc3)c2)cc1-c1nc2ccccc2n1-c1ccccc1. The number of unbranched alkanes of at least 4 members (excludes halogenated alkanes) is 2. The van der Waals surface area contributed by atoms with Crippen molar-refractivity contribution < 1.29 is 0 Å². The van der Waals surface area contributed by atoms with Crippen LogP contribution in [0.4, 0.5) is 0 Å². The Labute approximate surface area is 452 Å². The van der Waals surface area contributed by atoms with Crippen molar-refractivity contribution in [3.8, 4) is 28.2 Å². The second-order valence-electron chi connectivity index (χ2n) is 19.8. The molecule has 4 nitrogen and oxygen atoms in total. The van der Waals surface area contributed by atoms with Gasteiger partial charge in [-0.3, -0.25) is 4.57 Å². The number of nitrogens with one attached hydrogen (secondary N) is 1. The maximum absolute atomic E-state index is 5.12. The highest BCUT2D eigenvalue weighted by Gasteiger charge is 2.32. The highest BCUT2D eigenvalue weighted by atomic mass is 15.2. The van der Waals surface area contributed by atoms with Crippen LogP contribution < -0.4 is 5.32 Å². The van der Waals surface area contributed by atoms with E-state index < -0.39 is 0 Å². The Bertz CT molecular complexity index is 3130. The number of nitrogens with zero attached hydrogens (tertiary/aromatic N) is 3. The summed E-state index contributed by atoms with van der Waals surface area (Å²) in [5.41, 5.74) is 21.8. The second-order valence-corrected chi connectivity index (χ2v) is 19.8. The van der Waals surface area contributed by atoms with E-state index in [1.54, 1.807) is 0 Å². The van der Waals surface area contributed by atoms with Crippen molar-refractivity contribution in [2.24, 2.45) is 5.92 Å². The first-order valence-electron chi connectivity index (χ1n) is 28.3. The van der Waals surface area contributed by atoms with Crippen LogP contribution >= 0.6 is 0 Å². The van der Waals surface area contributed by atoms with Crippen LogP contribution in [0.15, 0.2) is 194 Å². The third-order valence-corrected chi connectivity index (χ3v) is 14.8. The smallest absolute Gasteiger partial charge is 0.146 e. The van der Waals surface area contributed by atoms with E-state index in [9.17, 15) is 0 Å². The topological polar surface area (TPSA) is 33.1 Å². The van der Waals surface area contributed by atoms with Crippen LogP contribution in [0.5, 0.6) is 0 Å². The molecule has 0 aliphatic carbocycles. The monoisotopic (exact) mass is 993 g/mol. The van der Waals surface area contributed by atoms with Gasteiger partial charge in [-0.15, -0.1) is 0 Å². The van der Waals surface area contributed by atoms with E-state index in [1.807, 2.05) is 27.7 Å². The van der Waals surface area contributed by atoms with E-state index in [-0.39, 0.29) is 0 Å². The number of allylic oxidation sites excluding steroid dienone is 2. The largest absolute Gasteiger partial charge is 0.382 e. The average Bonchev–Trinajstić information content (AvgIpc) is 3.85. The predicted octanol–water partition coefficient (Wildman–Crippen LogP) is 18.7. The van der Waals surface area contributed by atoms with Gasteiger partial charge in [0.25, 0.3) is 0 Å². The molecule has 0 bridgehead atoms. The number of imidazole rings is 1. The Morgan fingerprint density at radius 3 is 1.91 bits per heavy atom. The summed E-state index contributed by atoms with van der Waals surface area (Å²) in [4.78, 5) is 7.80. The van der Waals surface area contributed by atoms with Gasteiger partial charge >= 0.3 is 0 Å². The van der Waals surface area contributed by atoms with Gasteiger partial charge in [-0.1, -0.05) is 206 Å². The lowest BCUT2D eigenvalue weighted by molar-refractivity contribution is 0.257. The fraction of sp³-hybridized carbons (Fsp3) is 0.310. The Hall–Kier alpha value is -7.17. The number of rotatable bonds is 16. The van der Waals surface area contributed by atoms with E-state index in [1.165, 1.54) is 123 Å². The average molecular weight is 993 g/mol. The summed E-state index contributed by atoms with van der Waals surface area (Å²) < 4.78 is 2.29. The number of fused-ring (bicyclic) bond motifs is 2. The van der Waals surface area contributed by atoms with Gasteiger partial charge in [0.1, 0.15) is 5.82 Å². The van der Waals surface area contributed by atoms with Crippen LogP contribution in [0.2, 0.25) is 0 Å². The Kier molecular flexibility index (Phi) is 20.7. The molecule has 2 unspecified atom stereocenters. The molecule has 75 heavy (non-hydrogen) atoms. The molecule has 1 N–H and O–H groups in total. The molecule has 0 saturated carbocycles. The first kappa shape index (κ1) is 55.6. The molecule has 10 rings (SSSR count). The van der Waals surface area contributed by atoms with Crippen molar-refractivity contribution in [3.05, 3.63) is 238 Å². The lowest BCUT2D eigenvalue weighted by atomic mass is 9.88. The molecule has 4 heteroatoms. The van der Waals surface area contributed by atoms with Crippen LogP contribution in [-0.4, -0.2) is 33.6 Å². The fourth-order valence-electron chi connectivity index (χ4n) is 10.8. The summed E-state index contributed by atoms with van der Waals surface area (Å²) in [5, 5.41) is 3.81. The van der Waals surface area contributed by atoms with Crippen LogP contribution in [0.1, 0.15) is 125 Å². The number of para-hydroxylation sites is 3. The minimum absolute atomic E-state index is 0.369. The van der Waals surface area contributed by atoms with Gasteiger partial charge in [-0.25, -0.2) is 4.98 Å². The number of hydrogen-bond donors (Lipinski definition) is 1. The number of aromatic nitrogens is 2. The molecule has 7 aromatic carbocycles. The van der Waals surface area contributed by atoms with E-state index >= 15 is 0 Å². The minimum atomic E-state index is 0.369. The molecular formula is C71H84N4. The summed E-state index contributed by atoms with van der Waals surface area (Å²) in [6, 6.07) is 61.4. The van der Waals surface area contributed by atoms with E-state index in [0.717, 1.165) is 48.0 Å². The van der Waals surface area contributed by atoms with Gasteiger partial charge in [0.15, 0.2) is 0 Å². The van der Waals surface area contributed by atoms with Crippen molar-refractivity contribution in [1.82, 2.24) is 19.8 Å². The third kappa shape index (κ3) is 13.8. The molecule has 8 aromatic rings. The van der Waals surface area contributed by atoms with Gasteiger partial charge in [-0.2, -0.15) is 0 Å². The molecule has 0 fully saturated rings. The number of hydrogen-bond acceptors (Lipinski definition) is 3. The molecule has 2 aliphatic rings. The van der Waals surface area contributed by atoms with Crippen LogP contribution in [-0.2, 0) is 12.8 Å². The Morgan fingerprint density at radius 2 is 1.19 bits per heavy atom. The summed E-state index contributed by atoms with van der Waals surface area (Å²) in [7, 11) is 0. The molecule has 3 heterocycles. The first-order chi connectivity index (χ1) is 36.8. The first-order valence-corrected chi connectivity index (χ1v) is 28.3. The van der Waals surface area contributed by atoms with Gasteiger partial charge in [-0.05, 0) is 158 Å². The summed E-state index contributed by atoms with van der Waals surface area (Å²) >= 11 is 0. The lowest BCUT2D eigenvalue weighted by Crippen LogP contribution is -2.47. The van der Waals surface area contributed by atoms with E-state index in [0.29, 0.717) is 6.04 Å². The summed E-state index contributed by atoms with van der Waals surface area (Å²) in [6.45, 7) is 23.5. The molecule has 2 aliphatic heterocycles. The van der Waals surface area contributed by atoms with Crippen LogP contribution in [0.3, 0.4) is 0 Å². The van der Waals surface area contributed by atoms with E-state index in [2.05, 4.69) is 244 Å². The van der Waals surface area contributed by atoms with Crippen molar-refractivity contribution in [3.63, 3.8) is 0 Å². The molecule has 0 radical (unpaired) electrons. The zero-order chi connectivity index (χ0) is 53.1. The van der Waals surface area contributed by atoms with Gasteiger partial charge in [0, 0.05) is 46.9 Å². The molecule has 2 atom stereocenters. The summed E-state index contributed by atoms with van der Waals surface area (Å²) in [5.74, 6) is 1.70. The summed E-state index contributed by atoms with van der Waals surface area (Å²) in [6.07, 6.45) is 16.9. The van der Waals surface area contributed by atoms with Gasteiger partial charge in [0.2, 0.25) is 0 Å². The van der Waals surface area contributed by atoms with Crippen molar-refractivity contribution >= 4 is 22.4 Å². The number of aryl methyl sites for hydroxylation is 6. The van der Waals surface area contributed by atoms with Gasteiger partial charge < -0.3 is 10.2 Å². The van der Waals surface area contributed by atoms with Crippen molar-refractivity contribution in [2.45, 2.75) is 127 Å². The molecule has 388 valence electrons. The maximum atomic E-state index is 5.12. The molecule has 0 saturated heterocycles. The lowest BCUT2D eigenvalue weighted by Gasteiger charge is -2.43. The second kappa shape index (κ2) is 27.9. The van der Waals surface area contributed by atoms with Gasteiger partial charge in [0.05, 0.1) is 17.1 Å². The normalized spacial score (nSPS) is 14.0. The zero-order valence-electron chi connectivity index (χ0n) is 47.0. The van der Waals surface area contributed by atoms with E-state index in [4.69, 9.17) is 4.98 Å². The molecule has 1 aromatic heterocycles. The highest BCUT2D eigenvalue weighted by molar-refractivity contribution is 5.85.